The number of rotatable bonds is 12. The molecule has 0 spiro atoms. The molecule has 0 aliphatic heterocycles. The van der Waals surface area contributed by atoms with Crippen LogP contribution in [0.1, 0.15) is 56.7 Å². The van der Waals surface area contributed by atoms with Crippen LogP contribution in [0.15, 0.2) is 48.5 Å². The van der Waals surface area contributed by atoms with Gasteiger partial charge in [-0.1, -0.05) is 56.7 Å². The first-order valence-corrected chi connectivity index (χ1v) is 11.3. The van der Waals surface area contributed by atoms with E-state index in [0.29, 0.717) is 25.9 Å². The molecule has 0 heterocycles. The fourth-order valence-corrected chi connectivity index (χ4v) is 3.42. The molecule has 0 bridgehead atoms. The lowest BCUT2D eigenvalue weighted by Crippen LogP contribution is -2.47. The lowest BCUT2D eigenvalue weighted by atomic mass is 10.0. The number of carbonyl (C=O) groups excluding carboxylic acids is 2. The molecule has 0 aliphatic rings. The van der Waals surface area contributed by atoms with Crippen molar-refractivity contribution in [2.75, 3.05) is 13.7 Å². The van der Waals surface area contributed by atoms with Crippen molar-refractivity contribution >= 4 is 11.8 Å². The molecule has 0 saturated heterocycles. The zero-order chi connectivity index (χ0) is 22.6. The van der Waals surface area contributed by atoms with Gasteiger partial charge in [0.25, 0.3) is 0 Å². The molecule has 0 saturated carbocycles. The first-order valence-electron chi connectivity index (χ1n) is 11.3. The number of nitrogens with one attached hydrogen (secondary N) is 1. The Morgan fingerprint density at radius 2 is 1.74 bits per heavy atom. The van der Waals surface area contributed by atoms with Gasteiger partial charge in [0.15, 0.2) is 0 Å². The Kier molecular flexibility index (Phi) is 10.1. The summed E-state index contributed by atoms with van der Waals surface area (Å²) < 4.78 is 5.31. The van der Waals surface area contributed by atoms with Gasteiger partial charge in [0.1, 0.15) is 11.8 Å². The van der Waals surface area contributed by atoms with Gasteiger partial charge in [-0.2, -0.15) is 0 Å². The smallest absolute Gasteiger partial charge is 0.242 e. The monoisotopic (exact) mass is 424 g/mol. The van der Waals surface area contributed by atoms with Crippen molar-refractivity contribution < 1.29 is 14.3 Å². The van der Waals surface area contributed by atoms with E-state index in [-0.39, 0.29) is 11.8 Å². The summed E-state index contributed by atoms with van der Waals surface area (Å²) in [6, 6.07) is 15.5. The van der Waals surface area contributed by atoms with Gasteiger partial charge in [0.05, 0.1) is 7.11 Å². The van der Waals surface area contributed by atoms with Gasteiger partial charge in [0, 0.05) is 19.5 Å². The van der Waals surface area contributed by atoms with Gasteiger partial charge in [-0.25, -0.2) is 0 Å². The summed E-state index contributed by atoms with van der Waals surface area (Å²) in [7, 11) is 1.62. The molecule has 1 atom stereocenters. The molecule has 2 rings (SSSR count). The molecule has 2 aromatic carbocycles. The summed E-state index contributed by atoms with van der Waals surface area (Å²) in [4.78, 5) is 27.6. The van der Waals surface area contributed by atoms with E-state index in [1.165, 1.54) is 5.56 Å². The van der Waals surface area contributed by atoms with Gasteiger partial charge in [-0.05, 0) is 55.0 Å². The van der Waals surface area contributed by atoms with Crippen molar-refractivity contribution in [3.8, 4) is 5.75 Å². The van der Waals surface area contributed by atoms with Crippen LogP contribution < -0.4 is 10.1 Å². The molecule has 31 heavy (non-hydrogen) atoms. The quantitative estimate of drug-likeness (QED) is 0.510. The Morgan fingerprint density at radius 1 is 1.03 bits per heavy atom. The standard InChI is InChI=1S/C26H36N2O3/c1-5-7-17-27-26(30)20(3)28(19-23-9-8-10-24(18-23)31-4)25(29)16-15-22-13-11-21(6-2)12-14-22/h8-14,18,20H,5-7,15-17,19H2,1-4H3,(H,27,30)/t20-/m0/s1. The van der Waals surface area contributed by atoms with Crippen LogP contribution in [0.5, 0.6) is 5.75 Å². The number of carbonyl (C=O) groups is 2. The second-order valence-corrected chi connectivity index (χ2v) is 7.86. The Hall–Kier alpha value is -2.82. The third kappa shape index (κ3) is 7.74. The highest BCUT2D eigenvalue weighted by Crippen LogP contribution is 2.17. The fourth-order valence-electron chi connectivity index (χ4n) is 3.42. The molecule has 0 radical (unpaired) electrons. The second-order valence-electron chi connectivity index (χ2n) is 7.86. The van der Waals surface area contributed by atoms with Crippen LogP contribution in [0.2, 0.25) is 0 Å². The summed E-state index contributed by atoms with van der Waals surface area (Å²) in [5.41, 5.74) is 3.35. The van der Waals surface area contributed by atoms with E-state index in [1.807, 2.05) is 24.3 Å². The van der Waals surface area contributed by atoms with Crippen LogP contribution in [0.25, 0.3) is 0 Å². The molecule has 0 fully saturated rings. The number of nitrogens with zero attached hydrogens (tertiary/aromatic N) is 1. The van der Waals surface area contributed by atoms with Crippen molar-refractivity contribution in [3.63, 3.8) is 0 Å². The first kappa shape index (κ1) is 24.4. The SMILES string of the molecule is CCCCNC(=O)[C@H](C)N(Cc1cccc(OC)c1)C(=O)CCc1ccc(CC)cc1. The third-order valence-corrected chi connectivity index (χ3v) is 5.54. The molecular weight excluding hydrogens is 388 g/mol. The average Bonchev–Trinajstić information content (AvgIpc) is 2.81. The average molecular weight is 425 g/mol. The van der Waals surface area contributed by atoms with Crippen LogP contribution in [0, 0.1) is 0 Å². The van der Waals surface area contributed by atoms with Gasteiger partial charge < -0.3 is 15.0 Å². The van der Waals surface area contributed by atoms with E-state index in [0.717, 1.165) is 36.1 Å². The normalized spacial score (nSPS) is 11.6. The van der Waals surface area contributed by atoms with E-state index in [4.69, 9.17) is 4.74 Å². The topological polar surface area (TPSA) is 58.6 Å². The lowest BCUT2D eigenvalue weighted by Gasteiger charge is -2.29. The predicted octanol–water partition coefficient (Wildman–Crippen LogP) is 4.52. The number of hydrogen-bond acceptors (Lipinski definition) is 3. The Labute approximate surface area is 186 Å². The zero-order valence-corrected chi connectivity index (χ0v) is 19.3. The van der Waals surface area contributed by atoms with Gasteiger partial charge in [0.2, 0.25) is 11.8 Å². The van der Waals surface area contributed by atoms with E-state index in [9.17, 15) is 9.59 Å². The number of amides is 2. The van der Waals surface area contributed by atoms with Crippen molar-refractivity contribution in [1.29, 1.82) is 0 Å². The Bertz CT molecular complexity index is 833. The molecule has 5 nitrogen and oxygen atoms in total. The maximum absolute atomic E-state index is 13.2. The molecular formula is C26H36N2O3. The van der Waals surface area contributed by atoms with Gasteiger partial charge in [-0.15, -0.1) is 0 Å². The number of methoxy groups -OCH3 is 1. The minimum absolute atomic E-state index is 0.0273. The highest BCUT2D eigenvalue weighted by Gasteiger charge is 2.25. The van der Waals surface area contributed by atoms with Crippen LogP contribution in [0.4, 0.5) is 0 Å². The summed E-state index contributed by atoms with van der Waals surface area (Å²) in [5.74, 6) is 0.596. The lowest BCUT2D eigenvalue weighted by molar-refractivity contribution is -0.140. The Morgan fingerprint density at radius 3 is 2.39 bits per heavy atom. The van der Waals surface area contributed by atoms with Crippen LogP contribution in [-0.2, 0) is 29.0 Å². The molecule has 0 unspecified atom stereocenters. The van der Waals surface area contributed by atoms with Gasteiger partial charge in [-0.3, -0.25) is 9.59 Å². The summed E-state index contributed by atoms with van der Waals surface area (Å²) >= 11 is 0. The van der Waals surface area contributed by atoms with Crippen LogP contribution in [0.3, 0.4) is 0 Å². The van der Waals surface area contributed by atoms with Crippen LogP contribution >= 0.6 is 0 Å². The van der Waals surface area contributed by atoms with Gasteiger partial charge >= 0.3 is 0 Å². The molecule has 2 amide bonds. The molecule has 0 aliphatic carbocycles. The van der Waals surface area contributed by atoms with E-state index in [1.54, 1.807) is 18.9 Å². The maximum atomic E-state index is 13.2. The predicted molar refractivity (Wildman–Crippen MR) is 125 cm³/mol. The summed E-state index contributed by atoms with van der Waals surface area (Å²) in [6.07, 6.45) is 3.95. The number of benzene rings is 2. The Balaban J connectivity index is 2.11. The van der Waals surface area contributed by atoms with Crippen molar-refractivity contribution in [3.05, 3.63) is 65.2 Å². The van der Waals surface area contributed by atoms with E-state index < -0.39 is 6.04 Å². The molecule has 168 valence electrons. The third-order valence-electron chi connectivity index (χ3n) is 5.54. The largest absolute Gasteiger partial charge is 0.497 e. The highest BCUT2D eigenvalue weighted by molar-refractivity contribution is 5.87. The highest BCUT2D eigenvalue weighted by atomic mass is 16.5. The second kappa shape index (κ2) is 12.8. The van der Waals surface area contributed by atoms with Crippen molar-refractivity contribution in [1.82, 2.24) is 10.2 Å². The number of unbranched alkanes of at least 4 members (excludes halogenated alkanes) is 1. The molecule has 1 N–H and O–H groups in total. The maximum Gasteiger partial charge on any atom is 0.242 e. The molecule has 0 aromatic heterocycles. The summed E-state index contributed by atoms with van der Waals surface area (Å²) in [6.45, 7) is 7.01. The zero-order valence-electron chi connectivity index (χ0n) is 19.3. The summed E-state index contributed by atoms with van der Waals surface area (Å²) in [5, 5.41) is 2.96. The first-order chi connectivity index (χ1) is 15.0. The number of ether oxygens (including phenoxy) is 1. The van der Waals surface area contributed by atoms with E-state index in [2.05, 4.69) is 43.4 Å². The van der Waals surface area contributed by atoms with E-state index >= 15 is 0 Å². The minimum Gasteiger partial charge on any atom is -0.497 e. The number of aryl methyl sites for hydroxylation is 2. The molecule has 5 heteroatoms. The minimum atomic E-state index is -0.543. The number of hydrogen-bond donors (Lipinski definition) is 1. The van der Waals surface area contributed by atoms with Crippen molar-refractivity contribution in [2.45, 2.75) is 65.5 Å². The van der Waals surface area contributed by atoms with Crippen LogP contribution in [-0.4, -0.2) is 36.4 Å². The van der Waals surface area contributed by atoms with Crippen molar-refractivity contribution in [2.24, 2.45) is 0 Å². The fraction of sp³-hybridized carbons (Fsp3) is 0.462. The molecule has 2 aromatic rings.